The number of nitrogens with zero attached hydrogens (tertiary/aromatic N) is 4. The van der Waals surface area contributed by atoms with E-state index in [2.05, 4.69) is 28.0 Å². The Morgan fingerprint density at radius 2 is 2.04 bits per heavy atom. The lowest BCUT2D eigenvalue weighted by atomic mass is 10.0. The topological polar surface area (TPSA) is 62.5 Å². The van der Waals surface area contributed by atoms with E-state index in [0.717, 1.165) is 25.1 Å². The first-order valence-corrected chi connectivity index (χ1v) is 8.43. The van der Waals surface area contributed by atoms with Crippen molar-refractivity contribution in [1.29, 1.82) is 0 Å². The zero-order chi connectivity index (χ0) is 17.1. The molecule has 0 bridgehead atoms. The van der Waals surface area contributed by atoms with Crippen molar-refractivity contribution in [3.05, 3.63) is 47.1 Å². The molecule has 0 radical (unpaired) electrons. The van der Waals surface area contributed by atoms with E-state index in [1.165, 1.54) is 5.56 Å². The predicted octanol–water partition coefficient (Wildman–Crippen LogP) is 2.00. The molecule has 1 fully saturated rings. The van der Waals surface area contributed by atoms with Crippen LogP contribution in [0.5, 0.6) is 0 Å². The van der Waals surface area contributed by atoms with Gasteiger partial charge in [0, 0.05) is 19.6 Å². The van der Waals surface area contributed by atoms with E-state index in [4.69, 9.17) is 4.52 Å². The van der Waals surface area contributed by atoms with Crippen LogP contribution >= 0.6 is 0 Å². The Morgan fingerprint density at radius 3 is 2.71 bits per heavy atom. The highest BCUT2D eigenvalue weighted by Crippen LogP contribution is 2.23. The maximum atomic E-state index is 12.8. The van der Waals surface area contributed by atoms with Crippen molar-refractivity contribution in [2.45, 2.75) is 32.7 Å². The first kappa shape index (κ1) is 16.6. The minimum absolute atomic E-state index is 0.0367. The summed E-state index contributed by atoms with van der Waals surface area (Å²) in [6.07, 6.45) is 1.39. The number of carbonyl (C=O) groups is 1. The Labute approximate surface area is 142 Å². The summed E-state index contributed by atoms with van der Waals surface area (Å²) >= 11 is 0. The summed E-state index contributed by atoms with van der Waals surface area (Å²) in [7, 11) is 2.03. The van der Waals surface area contributed by atoms with Crippen molar-refractivity contribution in [1.82, 2.24) is 19.9 Å². The lowest BCUT2D eigenvalue weighted by Gasteiger charge is -2.37. The van der Waals surface area contributed by atoms with E-state index in [-0.39, 0.29) is 11.9 Å². The van der Waals surface area contributed by atoms with Gasteiger partial charge in [0.15, 0.2) is 5.82 Å². The van der Waals surface area contributed by atoms with Crippen molar-refractivity contribution in [3.8, 4) is 0 Å². The molecule has 6 heteroatoms. The number of benzene rings is 1. The highest BCUT2D eigenvalue weighted by Gasteiger charge is 2.32. The van der Waals surface area contributed by atoms with Gasteiger partial charge in [0.25, 0.3) is 0 Å². The number of hydrogen-bond acceptors (Lipinski definition) is 5. The Hall–Kier alpha value is -2.21. The van der Waals surface area contributed by atoms with Crippen LogP contribution in [0.15, 0.2) is 28.8 Å². The van der Waals surface area contributed by atoms with E-state index >= 15 is 0 Å². The molecule has 0 N–H and O–H groups in total. The molecule has 128 valence electrons. The van der Waals surface area contributed by atoms with Crippen LogP contribution in [0.3, 0.4) is 0 Å². The Balaban J connectivity index is 1.71. The monoisotopic (exact) mass is 328 g/mol. The number of carbonyl (C=O) groups excluding carboxylic acids is 1. The maximum Gasteiger partial charge on any atom is 0.245 e. The van der Waals surface area contributed by atoms with Crippen molar-refractivity contribution >= 4 is 5.91 Å². The summed E-state index contributed by atoms with van der Waals surface area (Å²) < 4.78 is 5.32. The lowest BCUT2D eigenvalue weighted by molar-refractivity contribution is -0.133. The van der Waals surface area contributed by atoms with Gasteiger partial charge in [-0.05, 0) is 31.5 Å². The van der Waals surface area contributed by atoms with Crippen LogP contribution in [0.2, 0.25) is 0 Å². The molecular weight excluding hydrogens is 304 g/mol. The smallest absolute Gasteiger partial charge is 0.245 e. The molecule has 1 amide bonds. The van der Waals surface area contributed by atoms with E-state index in [1.807, 2.05) is 30.1 Å². The first-order valence-electron chi connectivity index (χ1n) is 8.43. The molecule has 3 rings (SSSR count). The van der Waals surface area contributed by atoms with Gasteiger partial charge in [-0.2, -0.15) is 4.98 Å². The standard InChI is InChI=1S/C18H24N4O2/c1-4-14-7-5-6-8-15(14)11-17(23)22-10-9-21(3)16(12-22)18-19-13(2)20-24-18/h5-8,16H,4,9-12H2,1-3H3/t16-/m0/s1. The molecule has 2 heterocycles. The number of piperazine rings is 1. The molecular formula is C18H24N4O2. The molecule has 0 saturated carbocycles. The second-order valence-electron chi connectivity index (χ2n) is 6.32. The highest BCUT2D eigenvalue weighted by molar-refractivity contribution is 5.79. The summed E-state index contributed by atoms with van der Waals surface area (Å²) in [5.41, 5.74) is 2.36. The number of rotatable bonds is 4. The number of amides is 1. The summed E-state index contributed by atoms with van der Waals surface area (Å²) in [5.74, 6) is 1.37. The van der Waals surface area contributed by atoms with Crippen molar-refractivity contribution in [3.63, 3.8) is 0 Å². The fraction of sp³-hybridized carbons (Fsp3) is 0.500. The first-order chi connectivity index (χ1) is 11.6. The molecule has 2 aromatic rings. The zero-order valence-electron chi connectivity index (χ0n) is 14.5. The lowest BCUT2D eigenvalue weighted by Crippen LogP contribution is -2.49. The van der Waals surface area contributed by atoms with Crippen molar-refractivity contribution < 1.29 is 9.32 Å². The molecule has 0 unspecified atom stereocenters. The van der Waals surface area contributed by atoms with Crippen LogP contribution in [0.25, 0.3) is 0 Å². The van der Waals surface area contributed by atoms with Gasteiger partial charge in [-0.1, -0.05) is 36.3 Å². The van der Waals surface area contributed by atoms with Crippen LogP contribution in [-0.4, -0.2) is 52.5 Å². The average Bonchev–Trinajstić information content (AvgIpc) is 3.02. The quantitative estimate of drug-likeness (QED) is 0.859. The fourth-order valence-corrected chi connectivity index (χ4v) is 3.16. The SMILES string of the molecule is CCc1ccccc1CC(=O)N1CCN(C)[C@H](c2nc(C)no2)C1. The number of aryl methyl sites for hydroxylation is 2. The largest absolute Gasteiger partial charge is 0.339 e. The molecule has 1 aromatic carbocycles. The summed E-state index contributed by atoms with van der Waals surface area (Å²) in [5, 5.41) is 3.87. The molecule has 1 aliphatic heterocycles. The van der Waals surface area contributed by atoms with Gasteiger partial charge in [0.2, 0.25) is 11.8 Å². The van der Waals surface area contributed by atoms with Gasteiger partial charge in [-0.15, -0.1) is 0 Å². The minimum Gasteiger partial charge on any atom is -0.339 e. The normalized spacial score (nSPS) is 18.8. The molecule has 1 aliphatic rings. The van der Waals surface area contributed by atoms with Gasteiger partial charge in [-0.25, -0.2) is 0 Å². The fourth-order valence-electron chi connectivity index (χ4n) is 3.16. The van der Waals surface area contributed by atoms with E-state index in [0.29, 0.717) is 24.7 Å². The average molecular weight is 328 g/mol. The van der Waals surface area contributed by atoms with Gasteiger partial charge in [-0.3, -0.25) is 9.69 Å². The molecule has 24 heavy (non-hydrogen) atoms. The maximum absolute atomic E-state index is 12.8. The van der Waals surface area contributed by atoms with Crippen LogP contribution in [0.4, 0.5) is 0 Å². The van der Waals surface area contributed by atoms with Gasteiger partial charge in [0.1, 0.15) is 6.04 Å². The number of aromatic nitrogens is 2. The zero-order valence-corrected chi connectivity index (χ0v) is 14.5. The van der Waals surface area contributed by atoms with E-state index in [9.17, 15) is 4.79 Å². The van der Waals surface area contributed by atoms with Gasteiger partial charge in [0.05, 0.1) is 6.42 Å². The van der Waals surface area contributed by atoms with Crippen molar-refractivity contribution in [2.24, 2.45) is 0 Å². The van der Waals surface area contributed by atoms with E-state index < -0.39 is 0 Å². The van der Waals surface area contributed by atoms with E-state index in [1.54, 1.807) is 6.92 Å². The molecule has 6 nitrogen and oxygen atoms in total. The van der Waals surface area contributed by atoms with Crippen molar-refractivity contribution in [2.75, 3.05) is 26.7 Å². The van der Waals surface area contributed by atoms with Crippen LogP contribution < -0.4 is 0 Å². The van der Waals surface area contributed by atoms with Crippen LogP contribution in [-0.2, 0) is 17.6 Å². The Morgan fingerprint density at radius 1 is 1.29 bits per heavy atom. The number of hydrogen-bond donors (Lipinski definition) is 0. The second kappa shape index (κ2) is 7.13. The van der Waals surface area contributed by atoms with Crippen LogP contribution in [0, 0.1) is 6.92 Å². The predicted molar refractivity (Wildman–Crippen MR) is 90.5 cm³/mol. The minimum atomic E-state index is -0.0367. The second-order valence-corrected chi connectivity index (χ2v) is 6.32. The highest BCUT2D eigenvalue weighted by atomic mass is 16.5. The van der Waals surface area contributed by atoms with Crippen LogP contribution in [0.1, 0.15) is 35.8 Å². The summed E-state index contributed by atoms with van der Waals surface area (Å²) in [4.78, 5) is 21.2. The molecule has 0 aliphatic carbocycles. The third-order valence-electron chi connectivity index (χ3n) is 4.67. The summed E-state index contributed by atoms with van der Waals surface area (Å²) in [6, 6.07) is 8.12. The molecule has 1 atom stereocenters. The van der Waals surface area contributed by atoms with Gasteiger partial charge >= 0.3 is 0 Å². The third kappa shape index (κ3) is 3.48. The van der Waals surface area contributed by atoms with Gasteiger partial charge < -0.3 is 9.42 Å². The molecule has 1 aromatic heterocycles. The molecule has 1 saturated heterocycles. The Bertz CT molecular complexity index is 713. The Kier molecular flexibility index (Phi) is 4.94. The third-order valence-corrected chi connectivity index (χ3v) is 4.67. The molecule has 0 spiro atoms. The number of likely N-dealkylation sites (N-methyl/N-ethyl adjacent to an activating group) is 1. The summed E-state index contributed by atoms with van der Waals surface area (Å²) in [6.45, 7) is 6.04.